The van der Waals surface area contributed by atoms with E-state index in [4.69, 9.17) is 39.5 Å². The van der Waals surface area contributed by atoms with Gasteiger partial charge >= 0.3 is 0 Å². The number of halogens is 3. The molecule has 1 amide bonds. The van der Waals surface area contributed by atoms with Crippen molar-refractivity contribution < 1.29 is 9.53 Å². The molecule has 0 aliphatic rings. The average Bonchev–Trinajstić information content (AvgIpc) is 2.54. The summed E-state index contributed by atoms with van der Waals surface area (Å²) in [6.07, 6.45) is 0.283. The lowest BCUT2D eigenvalue weighted by Gasteiger charge is -2.13. The number of anilines is 2. The molecular weight excluding hydrogens is 371 g/mol. The molecule has 0 saturated heterocycles. The first-order valence-electron chi connectivity index (χ1n) is 7.23. The smallest absolute Gasteiger partial charge is 0.226 e. The van der Waals surface area contributed by atoms with Gasteiger partial charge in [-0.1, -0.05) is 34.8 Å². The second kappa shape index (κ2) is 8.47. The van der Waals surface area contributed by atoms with Gasteiger partial charge in [-0.2, -0.15) is 0 Å². The van der Waals surface area contributed by atoms with E-state index >= 15 is 0 Å². The summed E-state index contributed by atoms with van der Waals surface area (Å²) in [5.41, 5.74) is 2.26. The van der Waals surface area contributed by atoms with E-state index in [1.54, 1.807) is 30.3 Å². The fraction of sp³-hybridized carbons (Fsp3) is 0.235. The quantitative estimate of drug-likeness (QED) is 0.697. The van der Waals surface area contributed by atoms with E-state index < -0.39 is 0 Å². The maximum Gasteiger partial charge on any atom is 0.226 e. The molecule has 0 heterocycles. The lowest BCUT2D eigenvalue weighted by Crippen LogP contribution is -2.16. The molecule has 2 rings (SSSR count). The first-order valence-corrected chi connectivity index (χ1v) is 8.37. The molecule has 2 aromatic rings. The monoisotopic (exact) mass is 386 g/mol. The van der Waals surface area contributed by atoms with Crippen molar-refractivity contribution in [2.75, 3.05) is 24.3 Å². The Kier molecular flexibility index (Phi) is 6.60. The Bertz CT molecular complexity index is 751. The van der Waals surface area contributed by atoms with Gasteiger partial charge in [0.25, 0.3) is 0 Å². The lowest BCUT2D eigenvalue weighted by molar-refractivity contribution is -0.115. The molecule has 0 aromatic heterocycles. The summed E-state index contributed by atoms with van der Waals surface area (Å²) in [4.78, 5) is 12.1. The number of nitrogens with one attached hydrogen (secondary N) is 2. The van der Waals surface area contributed by atoms with Crippen molar-refractivity contribution in [2.45, 2.75) is 13.3 Å². The molecule has 0 atom stereocenters. The highest BCUT2D eigenvalue weighted by Gasteiger charge is 2.10. The number of carbonyl (C=O) groups excluding carboxylic acids is 1. The van der Waals surface area contributed by atoms with Crippen LogP contribution >= 0.6 is 34.8 Å². The summed E-state index contributed by atoms with van der Waals surface area (Å²) in [6, 6.07) is 8.69. The van der Waals surface area contributed by atoms with E-state index in [9.17, 15) is 4.79 Å². The van der Waals surface area contributed by atoms with Crippen LogP contribution in [0.4, 0.5) is 11.4 Å². The third-order valence-electron chi connectivity index (χ3n) is 3.36. The minimum absolute atomic E-state index is 0.136. The lowest BCUT2D eigenvalue weighted by atomic mass is 10.2. The van der Waals surface area contributed by atoms with Gasteiger partial charge in [0.1, 0.15) is 5.75 Å². The third kappa shape index (κ3) is 4.94. The standard InChI is InChI=1S/C17H17Cl3N2O2/c1-10-7-15(16(24-2)9-13(10)19)22-17(23)5-6-21-11-3-4-12(18)14(20)8-11/h3-4,7-9,21H,5-6H2,1-2H3,(H,22,23). The fourth-order valence-corrected chi connectivity index (χ4v) is 2.52. The maximum atomic E-state index is 12.1. The first kappa shape index (κ1) is 18.7. The second-order valence-electron chi connectivity index (χ2n) is 5.16. The number of benzene rings is 2. The molecule has 0 aliphatic carbocycles. The Morgan fingerprint density at radius 3 is 2.50 bits per heavy atom. The van der Waals surface area contributed by atoms with Crippen molar-refractivity contribution in [3.63, 3.8) is 0 Å². The van der Waals surface area contributed by atoms with Crippen molar-refractivity contribution >= 4 is 52.1 Å². The molecule has 128 valence electrons. The van der Waals surface area contributed by atoms with Crippen LogP contribution in [-0.4, -0.2) is 19.6 Å². The van der Waals surface area contributed by atoms with Gasteiger partial charge in [-0.05, 0) is 36.8 Å². The van der Waals surface area contributed by atoms with E-state index in [1.807, 2.05) is 6.92 Å². The molecule has 0 unspecified atom stereocenters. The molecule has 0 spiro atoms. The van der Waals surface area contributed by atoms with Crippen LogP contribution in [0.1, 0.15) is 12.0 Å². The number of hydrogen-bond donors (Lipinski definition) is 2. The van der Waals surface area contributed by atoms with Crippen LogP contribution in [0.2, 0.25) is 15.1 Å². The zero-order chi connectivity index (χ0) is 17.7. The number of amides is 1. The second-order valence-corrected chi connectivity index (χ2v) is 6.38. The van der Waals surface area contributed by atoms with Crippen molar-refractivity contribution in [3.05, 3.63) is 51.0 Å². The molecule has 0 fully saturated rings. The Hall–Kier alpha value is -1.62. The van der Waals surface area contributed by atoms with Gasteiger partial charge < -0.3 is 15.4 Å². The molecular formula is C17H17Cl3N2O2. The van der Waals surface area contributed by atoms with Gasteiger partial charge in [0.2, 0.25) is 5.91 Å². The van der Waals surface area contributed by atoms with Crippen molar-refractivity contribution in [1.29, 1.82) is 0 Å². The van der Waals surface area contributed by atoms with Crippen molar-refractivity contribution in [1.82, 2.24) is 0 Å². The molecule has 0 saturated carbocycles. The van der Waals surface area contributed by atoms with Crippen LogP contribution in [0.3, 0.4) is 0 Å². The summed E-state index contributed by atoms with van der Waals surface area (Å²) in [5, 5.41) is 7.49. The zero-order valence-corrected chi connectivity index (χ0v) is 15.5. The first-order chi connectivity index (χ1) is 11.4. The van der Waals surface area contributed by atoms with Gasteiger partial charge in [0, 0.05) is 29.7 Å². The molecule has 2 N–H and O–H groups in total. The van der Waals surface area contributed by atoms with Crippen LogP contribution in [0, 0.1) is 6.92 Å². The SMILES string of the molecule is COc1cc(Cl)c(C)cc1NC(=O)CCNc1ccc(Cl)c(Cl)c1. The minimum Gasteiger partial charge on any atom is -0.495 e. The summed E-state index contributed by atoms with van der Waals surface area (Å²) in [7, 11) is 1.53. The molecule has 0 bridgehead atoms. The Balaban J connectivity index is 1.91. The van der Waals surface area contributed by atoms with Crippen LogP contribution in [0.5, 0.6) is 5.75 Å². The van der Waals surface area contributed by atoms with Gasteiger partial charge in [-0.3, -0.25) is 4.79 Å². The minimum atomic E-state index is -0.136. The summed E-state index contributed by atoms with van der Waals surface area (Å²) < 4.78 is 5.24. The number of carbonyl (C=O) groups is 1. The normalized spacial score (nSPS) is 10.4. The Labute approximate surface area is 156 Å². The summed E-state index contributed by atoms with van der Waals surface area (Å²) in [6.45, 7) is 2.32. The highest BCUT2D eigenvalue weighted by Crippen LogP contribution is 2.31. The van der Waals surface area contributed by atoms with E-state index in [0.717, 1.165) is 11.3 Å². The molecule has 4 nitrogen and oxygen atoms in total. The summed E-state index contributed by atoms with van der Waals surface area (Å²) in [5.74, 6) is 0.388. The van der Waals surface area contributed by atoms with Gasteiger partial charge in [0.05, 0.1) is 22.8 Å². The number of ether oxygens (including phenoxy) is 1. The molecule has 0 radical (unpaired) electrons. The molecule has 2 aromatic carbocycles. The van der Waals surface area contributed by atoms with E-state index in [2.05, 4.69) is 10.6 Å². The predicted molar refractivity (Wildman–Crippen MR) is 101 cm³/mol. The number of methoxy groups -OCH3 is 1. The van der Waals surface area contributed by atoms with Crippen molar-refractivity contribution in [3.8, 4) is 5.75 Å². The maximum absolute atomic E-state index is 12.1. The summed E-state index contributed by atoms with van der Waals surface area (Å²) >= 11 is 17.9. The highest BCUT2D eigenvalue weighted by atomic mass is 35.5. The number of rotatable bonds is 6. The topological polar surface area (TPSA) is 50.4 Å². The van der Waals surface area contributed by atoms with Crippen molar-refractivity contribution in [2.24, 2.45) is 0 Å². The van der Waals surface area contributed by atoms with Gasteiger partial charge in [-0.25, -0.2) is 0 Å². The Morgan fingerprint density at radius 2 is 1.83 bits per heavy atom. The molecule has 24 heavy (non-hydrogen) atoms. The van der Waals surface area contributed by atoms with Gasteiger partial charge in [-0.15, -0.1) is 0 Å². The average molecular weight is 388 g/mol. The van der Waals surface area contributed by atoms with Gasteiger partial charge in [0.15, 0.2) is 0 Å². The highest BCUT2D eigenvalue weighted by molar-refractivity contribution is 6.42. The molecule has 7 heteroatoms. The largest absolute Gasteiger partial charge is 0.495 e. The number of hydrogen-bond acceptors (Lipinski definition) is 3. The van der Waals surface area contributed by atoms with Crippen LogP contribution in [0.15, 0.2) is 30.3 Å². The van der Waals surface area contributed by atoms with Crippen LogP contribution < -0.4 is 15.4 Å². The van der Waals surface area contributed by atoms with Crippen LogP contribution in [0.25, 0.3) is 0 Å². The Morgan fingerprint density at radius 1 is 1.08 bits per heavy atom. The van der Waals surface area contributed by atoms with Crippen LogP contribution in [-0.2, 0) is 4.79 Å². The zero-order valence-electron chi connectivity index (χ0n) is 13.3. The van der Waals surface area contributed by atoms with E-state index in [1.165, 1.54) is 7.11 Å². The predicted octanol–water partition coefficient (Wildman–Crippen LogP) is 5.40. The van der Waals surface area contributed by atoms with E-state index in [-0.39, 0.29) is 12.3 Å². The number of aryl methyl sites for hydroxylation is 1. The third-order valence-corrected chi connectivity index (χ3v) is 4.50. The fourth-order valence-electron chi connectivity index (χ4n) is 2.07. The van der Waals surface area contributed by atoms with E-state index in [0.29, 0.717) is 33.0 Å². The molecule has 0 aliphatic heterocycles.